The van der Waals surface area contributed by atoms with E-state index in [1.807, 2.05) is 29.2 Å². The van der Waals surface area contributed by atoms with Gasteiger partial charge in [0.1, 0.15) is 0 Å². The molecule has 2 aromatic heterocycles. The molecule has 0 unspecified atom stereocenters. The summed E-state index contributed by atoms with van der Waals surface area (Å²) in [6, 6.07) is 12.7. The van der Waals surface area contributed by atoms with Crippen molar-refractivity contribution in [1.82, 2.24) is 19.8 Å². The number of hydrogen-bond acceptors (Lipinski definition) is 4. The highest BCUT2D eigenvalue weighted by Crippen LogP contribution is 2.28. The largest absolute Gasteiger partial charge is 0.336 e. The summed E-state index contributed by atoms with van der Waals surface area (Å²) in [7, 11) is 0. The molecule has 2 fully saturated rings. The summed E-state index contributed by atoms with van der Waals surface area (Å²) in [5.74, 6) is 0.117. The molecule has 3 aromatic rings. The van der Waals surface area contributed by atoms with Crippen LogP contribution in [0.2, 0.25) is 0 Å². The van der Waals surface area contributed by atoms with Crippen LogP contribution in [0.15, 0.2) is 48.8 Å². The lowest BCUT2D eigenvalue weighted by atomic mass is 9.93. The van der Waals surface area contributed by atoms with Gasteiger partial charge in [-0.2, -0.15) is 0 Å². The molecule has 0 spiro atoms. The van der Waals surface area contributed by atoms with E-state index in [0.29, 0.717) is 6.04 Å². The summed E-state index contributed by atoms with van der Waals surface area (Å²) in [6.07, 6.45) is 10.3. The maximum atomic E-state index is 13.7. The number of hydrogen-bond donors (Lipinski definition) is 0. The van der Waals surface area contributed by atoms with E-state index in [4.69, 9.17) is 4.98 Å². The Morgan fingerprint density at radius 2 is 1.81 bits per heavy atom. The summed E-state index contributed by atoms with van der Waals surface area (Å²) in [4.78, 5) is 27.4. The number of rotatable bonds is 3. The van der Waals surface area contributed by atoms with Gasteiger partial charge in [-0.05, 0) is 50.1 Å². The van der Waals surface area contributed by atoms with Crippen LogP contribution in [0.3, 0.4) is 0 Å². The van der Waals surface area contributed by atoms with Gasteiger partial charge in [0.05, 0.1) is 16.8 Å². The van der Waals surface area contributed by atoms with Crippen LogP contribution in [0, 0.1) is 6.92 Å². The Bertz CT molecular complexity index is 1070. The highest BCUT2D eigenvalue weighted by Gasteiger charge is 2.28. The number of nitrogens with zero attached hydrogens (tertiary/aromatic N) is 4. The maximum absolute atomic E-state index is 13.7. The third-order valence-corrected chi connectivity index (χ3v) is 6.84. The Balaban J connectivity index is 1.43. The molecular weight excluding hydrogens is 384 g/mol. The van der Waals surface area contributed by atoms with Crippen molar-refractivity contribution < 1.29 is 4.79 Å². The minimum absolute atomic E-state index is 0.117. The van der Waals surface area contributed by atoms with Crippen LogP contribution in [0.25, 0.3) is 22.2 Å². The average molecular weight is 415 g/mol. The lowest BCUT2D eigenvalue weighted by Gasteiger charge is -2.40. The third-order valence-electron chi connectivity index (χ3n) is 6.84. The fraction of sp³-hybridized carbons (Fsp3) is 0.423. The molecule has 1 amide bonds. The number of aromatic nitrogens is 2. The molecular formula is C26H30N4O. The van der Waals surface area contributed by atoms with Gasteiger partial charge in [-0.1, -0.05) is 30.9 Å². The first-order valence-corrected chi connectivity index (χ1v) is 11.5. The topological polar surface area (TPSA) is 49.3 Å². The minimum Gasteiger partial charge on any atom is -0.336 e. The molecule has 3 heterocycles. The molecule has 0 N–H and O–H groups in total. The summed E-state index contributed by atoms with van der Waals surface area (Å²) >= 11 is 0. The summed E-state index contributed by atoms with van der Waals surface area (Å²) in [5, 5.41) is 0.937. The quantitative estimate of drug-likeness (QED) is 0.624. The monoisotopic (exact) mass is 414 g/mol. The highest BCUT2D eigenvalue weighted by atomic mass is 16.2. The van der Waals surface area contributed by atoms with Gasteiger partial charge in [0.15, 0.2) is 0 Å². The smallest absolute Gasteiger partial charge is 0.254 e. The van der Waals surface area contributed by atoms with Crippen molar-refractivity contribution >= 4 is 16.8 Å². The average Bonchev–Trinajstić information content (AvgIpc) is 2.84. The zero-order valence-corrected chi connectivity index (χ0v) is 18.3. The molecule has 0 atom stereocenters. The minimum atomic E-state index is 0.117. The third kappa shape index (κ3) is 4.19. The summed E-state index contributed by atoms with van der Waals surface area (Å²) in [6.45, 7) is 5.62. The van der Waals surface area contributed by atoms with Gasteiger partial charge >= 0.3 is 0 Å². The molecule has 31 heavy (non-hydrogen) atoms. The number of piperazine rings is 1. The number of carbonyl (C=O) groups is 1. The van der Waals surface area contributed by atoms with Gasteiger partial charge in [0.25, 0.3) is 5.91 Å². The van der Waals surface area contributed by atoms with Crippen molar-refractivity contribution in [2.75, 3.05) is 26.2 Å². The van der Waals surface area contributed by atoms with Crippen LogP contribution < -0.4 is 0 Å². The molecule has 1 saturated heterocycles. The molecule has 1 saturated carbocycles. The van der Waals surface area contributed by atoms with E-state index < -0.39 is 0 Å². The van der Waals surface area contributed by atoms with Gasteiger partial charge in [0, 0.05) is 55.6 Å². The number of pyridine rings is 2. The number of aryl methyl sites for hydroxylation is 1. The lowest BCUT2D eigenvalue weighted by molar-refractivity contribution is 0.0525. The Labute approximate surface area is 184 Å². The molecule has 0 radical (unpaired) electrons. The molecule has 5 nitrogen and oxygen atoms in total. The van der Waals surface area contributed by atoms with Crippen molar-refractivity contribution in [3.05, 3.63) is 59.9 Å². The molecule has 2 aliphatic rings. The molecule has 160 valence electrons. The number of fused-ring (bicyclic) bond motifs is 1. The van der Waals surface area contributed by atoms with Crippen LogP contribution in [0.4, 0.5) is 0 Å². The normalized spacial score (nSPS) is 18.4. The van der Waals surface area contributed by atoms with Crippen LogP contribution in [-0.2, 0) is 0 Å². The van der Waals surface area contributed by atoms with E-state index in [2.05, 4.69) is 28.9 Å². The standard InChI is InChI=1S/C26H30N4O/c1-19-9-10-24-22(16-19)23(17-25(28-24)20-6-5-11-27-18-20)26(31)30-14-12-29(13-15-30)21-7-3-2-4-8-21/h5-6,9-11,16-18,21H,2-4,7-8,12-15H2,1H3. The predicted molar refractivity (Wildman–Crippen MR) is 124 cm³/mol. The van der Waals surface area contributed by atoms with Gasteiger partial charge < -0.3 is 4.90 Å². The van der Waals surface area contributed by atoms with Crippen LogP contribution in [-0.4, -0.2) is 57.9 Å². The van der Waals surface area contributed by atoms with E-state index in [0.717, 1.165) is 59.5 Å². The van der Waals surface area contributed by atoms with Gasteiger partial charge in [-0.25, -0.2) is 4.98 Å². The maximum Gasteiger partial charge on any atom is 0.254 e. The second-order valence-corrected chi connectivity index (χ2v) is 8.94. The van der Waals surface area contributed by atoms with Crippen molar-refractivity contribution in [2.24, 2.45) is 0 Å². The fourth-order valence-electron chi connectivity index (χ4n) is 5.09. The van der Waals surface area contributed by atoms with Crippen molar-refractivity contribution in [3.8, 4) is 11.3 Å². The molecule has 5 heteroatoms. The lowest BCUT2D eigenvalue weighted by Crippen LogP contribution is -2.52. The fourth-order valence-corrected chi connectivity index (χ4v) is 5.09. The first-order chi connectivity index (χ1) is 15.2. The highest BCUT2D eigenvalue weighted by molar-refractivity contribution is 6.07. The van der Waals surface area contributed by atoms with Crippen LogP contribution in [0.5, 0.6) is 0 Å². The van der Waals surface area contributed by atoms with Crippen LogP contribution in [0.1, 0.15) is 48.0 Å². The second kappa shape index (κ2) is 8.75. The van der Waals surface area contributed by atoms with Crippen molar-refractivity contribution in [1.29, 1.82) is 0 Å². The SMILES string of the molecule is Cc1ccc2nc(-c3cccnc3)cc(C(=O)N3CCN(C4CCCCC4)CC3)c2c1. The van der Waals surface area contributed by atoms with E-state index in [9.17, 15) is 4.79 Å². The molecule has 1 aromatic carbocycles. The zero-order chi connectivity index (χ0) is 21.2. The second-order valence-electron chi connectivity index (χ2n) is 8.94. The van der Waals surface area contributed by atoms with Crippen molar-refractivity contribution in [2.45, 2.75) is 45.1 Å². The van der Waals surface area contributed by atoms with Gasteiger partial charge in [-0.3, -0.25) is 14.7 Å². The first-order valence-electron chi connectivity index (χ1n) is 11.5. The van der Waals surface area contributed by atoms with E-state index in [1.54, 1.807) is 12.4 Å². The number of carbonyl (C=O) groups excluding carboxylic acids is 1. The van der Waals surface area contributed by atoms with E-state index >= 15 is 0 Å². The van der Waals surface area contributed by atoms with Crippen molar-refractivity contribution in [3.63, 3.8) is 0 Å². The Morgan fingerprint density at radius 1 is 1.00 bits per heavy atom. The first kappa shape index (κ1) is 20.1. The number of amides is 1. The van der Waals surface area contributed by atoms with E-state index in [-0.39, 0.29) is 5.91 Å². The Hall–Kier alpha value is -2.79. The van der Waals surface area contributed by atoms with Gasteiger partial charge in [-0.15, -0.1) is 0 Å². The predicted octanol–water partition coefficient (Wildman–Crippen LogP) is 4.70. The molecule has 1 aliphatic heterocycles. The summed E-state index contributed by atoms with van der Waals surface area (Å²) in [5.41, 5.74) is 4.48. The van der Waals surface area contributed by atoms with Gasteiger partial charge in [0.2, 0.25) is 0 Å². The van der Waals surface area contributed by atoms with Crippen LogP contribution >= 0.6 is 0 Å². The Kier molecular flexibility index (Phi) is 5.68. The molecule has 0 bridgehead atoms. The summed E-state index contributed by atoms with van der Waals surface area (Å²) < 4.78 is 0. The Morgan fingerprint density at radius 3 is 2.55 bits per heavy atom. The molecule has 5 rings (SSSR count). The van der Waals surface area contributed by atoms with E-state index in [1.165, 1.54) is 32.1 Å². The number of benzene rings is 1. The molecule has 1 aliphatic carbocycles. The zero-order valence-electron chi connectivity index (χ0n) is 18.3.